The fourth-order valence-electron chi connectivity index (χ4n) is 2.80. The van der Waals surface area contributed by atoms with E-state index in [1.807, 2.05) is 0 Å². The molecular weight excluding hydrogens is 356 g/mol. The Bertz CT molecular complexity index is 639. The first kappa shape index (κ1) is 20.2. The number of halogens is 1. The molecule has 0 bridgehead atoms. The van der Waals surface area contributed by atoms with Gasteiger partial charge >= 0.3 is 0 Å². The molecule has 2 rings (SSSR count). The molecule has 7 heteroatoms. The Morgan fingerprint density at radius 1 is 1.19 bits per heavy atom. The lowest BCUT2D eigenvalue weighted by Gasteiger charge is -2.33. The van der Waals surface area contributed by atoms with E-state index in [9.17, 15) is 14.4 Å². The molecule has 0 radical (unpaired) electrons. The van der Waals surface area contributed by atoms with E-state index in [2.05, 4.69) is 5.32 Å². The second-order valence-corrected chi connectivity index (χ2v) is 7.02. The number of carbonyl (C=O) groups excluding carboxylic acids is 3. The number of piperidine rings is 1. The van der Waals surface area contributed by atoms with Gasteiger partial charge in [0.2, 0.25) is 5.91 Å². The van der Waals surface area contributed by atoms with Crippen LogP contribution in [0.4, 0.5) is 0 Å². The van der Waals surface area contributed by atoms with Gasteiger partial charge in [0.15, 0.2) is 6.10 Å². The third-order valence-corrected chi connectivity index (χ3v) is 4.63. The summed E-state index contributed by atoms with van der Waals surface area (Å²) in [6.07, 6.45) is 1.33. The van der Waals surface area contributed by atoms with Crippen molar-refractivity contribution < 1.29 is 19.1 Å². The molecule has 0 spiro atoms. The summed E-state index contributed by atoms with van der Waals surface area (Å²) in [5, 5.41) is 3.59. The number of hydrogen-bond donors (Lipinski definition) is 1. The lowest BCUT2D eigenvalue weighted by Crippen LogP contribution is -2.49. The Morgan fingerprint density at radius 2 is 1.81 bits per heavy atom. The number of carbonyl (C=O) groups is 3. The highest BCUT2D eigenvalue weighted by atomic mass is 35.5. The van der Waals surface area contributed by atoms with Gasteiger partial charge < -0.3 is 19.7 Å². The lowest BCUT2D eigenvalue weighted by atomic mass is 10.0. The zero-order valence-electron chi connectivity index (χ0n) is 15.2. The molecule has 0 aromatic heterocycles. The molecule has 1 aliphatic rings. The number of ether oxygens (including phenoxy) is 1. The van der Waals surface area contributed by atoms with Gasteiger partial charge in [0.1, 0.15) is 11.5 Å². The van der Waals surface area contributed by atoms with Gasteiger partial charge in [-0.3, -0.25) is 9.59 Å². The van der Waals surface area contributed by atoms with Crippen LogP contribution in [-0.2, 0) is 14.4 Å². The van der Waals surface area contributed by atoms with E-state index in [0.29, 0.717) is 36.7 Å². The second kappa shape index (κ2) is 9.57. The van der Waals surface area contributed by atoms with E-state index in [-0.39, 0.29) is 36.5 Å². The molecule has 1 fully saturated rings. The fraction of sp³-hybridized carbons (Fsp3) is 0.526. The predicted molar refractivity (Wildman–Crippen MR) is 99.2 cm³/mol. The van der Waals surface area contributed by atoms with Gasteiger partial charge in [0.25, 0.3) is 5.91 Å². The molecule has 1 unspecified atom stereocenters. The first-order valence-corrected chi connectivity index (χ1v) is 9.22. The average Bonchev–Trinajstić information content (AvgIpc) is 2.62. The summed E-state index contributed by atoms with van der Waals surface area (Å²) in [4.78, 5) is 37.1. The molecule has 6 nitrogen and oxygen atoms in total. The van der Waals surface area contributed by atoms with E-state index in [1.54, 1.807) is 36.1 Å². The molecule has 1 aromatic carbocycles. The van der Waals surface area contributed by atoms with Crippen LogP contribution < -0.4 is 10.1 Å². The van der Waals surface area contributed by atoms with E-state index in [4.69, 9.17) is 16.3 Å². The molecule has 1 aromatic rings. The predicted octanol–water partition coefficient (Wildman–Crippen LogP) is 2.58. The molecule has 1 atom stereocenters. The lowest BCUT2D eigenvalue weighted by molar-refractivity contribution is -0.134. The summed E-state index contributed by atoms with van der Waals surface area (Å²) in [5.74, 6) is 0.434. The van der Waals surface area contributed by atoms with Crippen molar-refractivity contribution >= 4 is 29.2 Å². The highest BCUT2D eigenvalue weighted by molar-refractivity contribution is 6.30. The SMILES string of the molecule is CC(=O)CCC(=O)N1CCC(NC(=O)C(C)Oc2ccc(Cl)cc2)CC1. The van der Waals surface area contributed by atoms with Crippen molar-refractivity contribution in [2.75, 3.05) is 13.1 Å². The van der Waals surface area contributed by atoms with Gasteiger partial charge in [-0.2, -0.15) is 0 Å². The minimum Gasteiger partial charge on any atom is -0.481 e. The van der Waals surface area contributed by atoms with Crippen molar-refractivity contribution in [2.24, 2.45) is 0 Å². The van der Waals surface area contributed by atoms with Crippen LogP contribution in [0.5, 0.6) is 5.75 Å². The zero-order chi connectivity index (χ0) is 19.1. The van der Waals surface area contributed by atoms with Gasteiger partial charge in [-0.25, -0.2) is 0 Å². The minimum absolute atomic E-state index is 0.00409. The number of nitrogens with one attached hydrogen (secondary N) is 1. The molecule has 0 saturated carbocycles. The van der Waals surface area contributed by atoms with Crippen molar-refractivity contribution in [1.29, 1.82) is 0 Å². The van der Waals surface area contributed by atoms with Crippen molar-refractivity contribution in [3.05, 3.63) is 29.3 Å². The van der Waals surface area contributed by atoms with Gasteiger partial charge in [0.05, 0.1) is 0 Å². The van der Waals surface area contributed by atoms with Crippen LogP contribution in [-0.4, -0.2) is 47.7 Å². The monoisotopic (exact) mass is 380 g/mol. The van der Waals surface area contributed by atoms with Crippen LogP contribution in [0.1, 0.15) is 39.5 Å². The number of nitrogens with zero attached hydrogens (tertiary/aromatic N) is 1. The maximum absolute atomic E-state index is 12.3. The van der Waals surface area contributed by atoms with Crippen LogP contribution in [0.3, 0.4) is 0 Å². The Kier molecular flexibility index (Phi) is 7.45. The third-order valence-electron chi connectivity index (χ3n) is 4.38. The van der Waals surface area contributed by atoms with Crippen molar-refractivity contribution in [3.63, 3.8) is 0 Å². The fourth-order valence-corrected chi connectivity index (χ4v) is 2.93. The number of Topliss-reactive ketones (excluding diaryl/α,β-unsaturated/α-hetero) is 1. The minimum atomic E-state index is -0.619. The molecule has 1 heterocycles. The van der Waals surface area contributed by atoms with Gasteiger partial charge in [-0.05, 0) is 51.0 Å². The summed E-state index contributed by atoms with van der Waals surface area (Å²) < 4.78 is 5.62. The second-order valence-electron chi connectivity index (χ2n) is 6.58. The number of benzene rings is 1. The molecule has 1 aliphatic heterocycles. The maximum Gasteiger partial charge on any atom is 0.260 e. The number of amides is 2. The molecule has 1 N–H and O–H groups in total. The van der Waals surface area contributed by atoms with Gasteiger partial charge in [-0.15, -0.1) is 0 Å². The standard InChI is InChI=1S/C19H25ClN2O4/c1-13(23)3-8-18(24)22-11-9-16(10-12-22)21-19(25)14(2)26-17-6-4-15(20)5-7-17/h4-7,14,16H,3,8-12H2,1-2H3,(H,21,25). The zero-order valence-corrected chi connectivity index (χ0v) is 15.9. The first-order chi connectivity index (χ1) is 12.3. The van der Waals surface area contributed by atoms with E-state index >= 15 is 0 Å². The number of ketones is 1. The molecule has 142 valence electrons. The Hall–Kier alpha value is -2.08. The van der Waals surface area contributed by atoms with Crippen LogP contribution >= 0.6 is 11.6 Å². The summed E-state index contributed by atoms with van der Waals surface area (Å²) >= 11 is 5.83. The Morgan fingerprint density at radius 3 is 2.38 bits per heavy atom. The average molecular weight is 381 g/mol. The summed E-state index contributed by atoms with van der Waals surface area (Å²) in [7, 11) is 0. The molecular formula is C19H25ClN2O4. The summed E-state index contributed by atoms with van der Waals surface area (Å²) in [6, 6.07) is 6.88. The topological polar surface area (TPSA) is 75.7 Å². The quantitative estimate of drug-likeness (QED) is 0.788. The van der Waals surface area contributed by atoms with Crippen LogP contribution in [0.25, 0.3) is 0 Å². The van der Waals surface area contributed by atoms with E-state index in [1.165, 1.54) is 6.92 Å². The highest BCUT2D eigenvalue weighted by Gasteiger charge is 2.25. The number of likely N-dealkylation sites (tertiary alicyclic amines) is 1. The Labute approximate surface area is 158 Å². The molecule has 26 heavy (non-hydrogen) atoms. The first-order valence-electron chi connectivity index (χ1n) is 8.85. The van der Waals surface area contributed by atoms with Crippen molar-refractivity contribution in [2.45, 2.75) is 51.7 Å². The number of rotatable bonds is 7. The van der Waals surface area contributed by atoms with E-state index < -0.39 is 6.10 Å². The smallest absolute Gasteiger partial charge is 0.260 e. The van der Waals surface area contributed by atoms with Crippen molar-refractivity contribution in [1.82, 2.24) is 10.2 Å². The molecule has 0 aliphatic carbocycles. The van der Waals surface area contributed by atoms with Crippen LogP contribution in [0, 0.1) is 0 Å². The van der Waals surface area contributed by atoms with Crippen LogP contribution in [0.15, 0.2) is 24.3 Å². The van der Waals surface area contributed by atoms with Gasteiger partial charge in [0, 0.05) is 37.0 Å². The van der Waals surface area contributed by atoms with Crippen molar-refractivity contribution in [3.8, 4) is 5.75 Å². The normalized spacial score (nSPS) is 16.0. The maximum atomic E-state index is 12.3. The highest BCUT2D eigenvalue weighted by Crippen LogP contribution is 2.17. The van der Waals surface area contributed by atoms with E-state index in [0.717, 1.165) is 0 Å². The third kappa shape index (κ3) is 6.33. The van der Waals surface area contributed by atoms with Crippen LogP contribution in [0.2, 0.25) is 5.02 Å². The van der Waals surface area contributed by atoms with Gasteiger partial charge in [-0.1, -0.05) is 11.6 Å². The number of hydrogen-bond acceptors (Lipinski definition) is 4. The largest absolute Gasteiger partial charge is 0.481 e. The Balaban J connectivity index is 1.74. The summed E-state index contributed by atoms with van der Waals surface area (Å²) in [6.45, 7) is 4.37. The molecule has 1 saturated heterocycles. The summed E-state index contributed by atoms with van der Waals surface area (Å²) in [5.41, 5.74) is 0. The molecule has 2 amide bonds.